The first-order valence-corrected chi connectivity index (χ1v) is 8.34. The zero-order valence-electron chi connectivity index (χ0n) is 11.3. The maximum atomic E-state index is 6.12. The Hall–Kier alpha value is 0.270. The van der Waals surface area contributed by atoms with Gasteiger partial charge in [-0.05, 0) is 44.4 Å². The summed E-state index contributed by atoms with van der Waals surface area (Å²) in [6, 6.07) is 0.682. The zero-order chi connectivity index (χ0) is 12.1. The molecule has 17 heavy (non-hydrogen) atoms. The highest BCUT2D eigenvalue weighted by Gasteiger charge is 2.41. The third-order valence-corrected chi connectivity index (χ3v) is 5.49. The molecule has 1 aliphatic carbocycles. The fourth-order valence-electron chi connectivity index (χ4n) is 3.48. The van der Waals surface area contributed by atoms with E-state index in [9.17, 15) is 0 Å². The molecule has 2 aliphatic rings. The van der Waals surface area contributed by atoms with E-state index in [0.717, 1.165) is 12.5 Å². The lowest BCUT2D eigenvalue weighted by atomic mass is 9.81. The second-order valence-electron chi connectivity index (χ2n) is 5.55. The Kier molecular flexibility index (Phi) is 5.19. The molecule has 0 bridgehead atoms. The number of nitrogens with one attached hydrogen (secondary N) is 1. The average molecular weight is 257 g/mol. The van der Waals surface area contributed by atoms with Crippen molar-refractivity contribution in [1.82, 2.24) is 5.32 Å². The molecule has 0 aromatic rings. The van der Waals surface area contributed by atoms with Crippen molar-refractivity contribution < 1.29 is 4.74 Å². The first kappa shape index (κ1) is 13.7. The van der Waals surface area contributed by atoms with E-state index < -0.39 is 0 Å². The molecule has 1 aliphatic heterocycles. The minimum Gasteiger partial charge on any atom is -0.375 e. The summed E-state index contributed by atoms with van der Waals surface area (Å²) >= 11 is 2.06. The van der Waals surface area contributed by atoms with Crippen molar-refractivity contribution in [2.24, 2.45) is 5.92 Å². The van der Waals surface area contributed by atoms with E-state index in [1.54, 1.807) is 0 Å². The SMILES string of the molecule is CCSCC(NC)C1CCOC2(CCCC2)C1. The molecular weight excluding hydrogens is 230 g/mol. The Balaban J connectivity index is 1.90. The van der Waals surface area contributed by atoms with Crippen molar-refractivity contribution in [1.29, 1.82) is 0 Å². The highest BCUT2D eigenvalue weighted by Crippen LogP contribution is 2.43. The summed E-state index contributed by atoms with van der Waals surface area (Å²) in [7, 11) is 2.12. The molecule has 1 N–H and O–H groups in total. The minimum absolute atomic E-state index is 0.273. The average Bonchev–Trinajstić information content (AvgIpc) is 2.78. The van der Waals surface area contributed by atoms with Crippen molar-refractivity contribution in [3.63, 3.8) is 0 Å². The molecule has 1 saturated heterocycles. The molecule has 2 fully saturated rings. The standard InChI is InChI=1S/C14H27NOS/c1-3-17-11-13(15-2)12-6-9-16-14(10-12)7-4-5-8-14/h12-13,15H,3-11H2,1-2H3. The monoisotopic (exact) mass is 257 g/mol. The van der Waals surface area contributed by atoms with Crippen molar-refractivity contribution in [2.75, 3.05) is 25.2 Å². The highest BCUT2D eigenvalue weighted by atomic mass is 32.2. The zero-order valence-corrected chi connectivity index (χ0v) is 12.2. The maximum Gasteiger partial charge on any atom is 0.0685 e. The molecule has 3 heteroatoms. The van der Waals surface area contributed by atoms with Crippen LogP contribution in [-0.4, -0.2) is 36.8 Å². The normalized spacial score (nSPS) is 29.6. The van der Waals surface area contributed by atoms with Crippen molar-refractivity contribution in [3.8, 4) is 0 Å². The predicted octanol–water partition coefficient (Wildman–Crippen LogP) is 3.07. The molecule has 1 heterocycles. The first-order chi connectivity index (χ1) is 8.29. The summed E-state index contributed by atoms with van der Waals surface area (Å²) in [5, 5.41) is 3.54. The van der Waals surface area contributed by atoms with Gasteiger partial charge in [0.1, 0.15) is 0 Å². The molecule has 2 atom stereocenters. The Morgan fingerprint density at radius 2 is 2.18 bits per heavy atom. The van der Waals surface area contributed by atoms with Gasteiger partial charge in [-0.3, -0.25) is 0 Å². The first-order valence-electron chi connectivity index (χ1n) is 7.18. The van der Waals surface area contributed by atoms with Crippen molar-refractivity contribution >= 4 is 11.8 Å². The van der Waals surface area contributed by atoms with Gasteiger partial charge in [-0.15, -0.1) is 0 Å². The second kappa shape index (κ2) is 6.44. The van der Waals surface area contributed by atoms with Crippen LogP contribution in [-0.2, 0) is 4.74 Å². The van der Waals surface area contributed by atoms with Crippen LogP contribution in [0.2, 0.25) is 0 Å². The van der Waals surface area contributed by atoms with Gasteiger partial charge in [0.15, 0.2) is 0 Å². The number of hydrogen-bond donors (Lipinski definition) is 1. The predicted molar refractivity (Wildman–Crippen MR) is 75.7 cm³/mol. The molecule has 1 spiro atoms. The van der Waals surface area contributed by atoms with E-state index in [0.29, 0.717) is 6.04 Å². The van der Waals surface area contributed by atoms with E-state index >= 15 is 0 Å². The van der Waals surface area contributed by atoms with E-state index in [1.165, 1.54) is 50.0 Å². The molecule has 2 rings (SSSR count). The summed E-state index contributed by atoms with van der Waals surface area (Å²) in [6.07, 6.45) is 7.91. The van der Waals surface area contributed by atoms with Crippen LogP contribution in [0.5, 0.6) is 0 Å². The van der Waals surface area contributed by atoms with Gasteiger partial charge in [-0.2, -0.15) is 11.8 Å². The van der Waals surface area contributed by atoms with Gasteiger partial charge < -0.3 is 10.1 Å². The van der Waals surface area contributed by atoms with Crippen LogP contribution in [0.4, 0.5) is 0 Å². The lowest BCUT2D eigenvalue weighted by Crippen LogP contribution is -2.45. The van der Waals surface area contributed by atoms with Crippen molar-refractivity contribution in [2.45, 2.75) is 57.1 Å². The molecule has 0 amide bonds. The lowest BCUT2D eigenvalue weighted by Gasteiger charge is -2.41. The quantitative estimate of drug-likeness (QED) is 0.818. The van der Waals surface area contributed by atoms with Gasteiger partial charge in [0.05, 0.1) is 5.60 Å². The summed E-state index contributed by atoms with van der Waals surface area (Å²) < 4.78 is 6.12. The molecule has 0 aromatic heterocycles. The fourth-order valence-corrected chi connectivity index (χ4v) is 4.41. The Labute approximate surface area is 110 Å². The second-order valence-corrected chi connectivity index (χ2v) is 6.87. The number of hydrogen-bond acceptors (Lipinski definition) is 3. The van der Waals surface area contributed by atoms with E-state index in [1.807, 2.05) is 0 Å². The Morgan fingerprint density at radius 1 is 1.41 bits per heavy atom. The van der Waals surface area contributed by atoms with Crippen LogP contribution in [0.1, 0.15) is 45.4 Å². The van der Waals surface area contributed by atoms with Crippen LogP contribution in [0.15, 0.2) is 0 Å². The van der Waals surface area contributed by atoms with Crippen LogP contribution in [0, 0.1) is 5.92 Å². The van der Waals surface area contributed by atoms with Crippen molar-refractivity contribution in [3.05, 3.63) is 0 Å². The number of thioether (sulfide) groups is 1. The minimum atomic E-state index is 0.273. The molecule has 0 aromatic carbocycles. The largest absolute Gasteiger partial charge is 0.375 e. The van der Waals surface area contributed by atoms with Crippen LogP contribution >= 0.6 is 11.8 Å². The summed E-state index contributed by atoms with van der Waals surface area (Å²) in [5.74, 6) is 3.31. The molecule has 2 nitrogen and oxygen atoms in total. The fraction of sp³-hybridized carbons (Fsp3) is 1.00. The molecule has 1 saturated carbocycles. The Morgan fingerprint density at radius 3 is 2.82 bits per heavy atom. The molecule has 2 unspecified atom stereocenters. The smallest absolute Gasteiger partial charge is 0.0685 e. The van der Waals surface area contributed by atoms with Crippen LogP contribution in [0.3, 0.4) is 0 Å². The highest BCUT2D eigenvalue weighted by molar-refractivity contribution is 7.99. The number of ether oxygens (including phenoxy) is 1. The van der Waals surface area contributed by atoms with Crippen LogP contribution in [0.25, 0.3) is 0 Å². The summed E-state index contributed by atoms with van der Waals surface area (Å²) in [5.41, 5.74) is 0.273. The molecule has 100 valence electrons. The van der Waals surface area contributed by atoms with Gasteiger partial charge in [-0.1, -0.05) is 19.8 Å². The third-order valence-electron chi connectivity index (χ3n) is 4.49. The van der Waals surface area contributed by atoms with E-state index in [-0.39, 0.29) is 5.60 Å². The van der Waals surface area contributed by atoms with Gasteiger partial charge in [0.2, 0.25) is 0 Å². The number of rotatable bonds is 5. The van der Waals surface area contributed by atoms with Gasteiger partial charge in [-0.25, -0.2) is 0 Å². The Bertz CT molecular complexity index is 228. The lowest BCUT2D eigenvalue weighted by molar-refractivity contribution is -0.0964. The molecule has 0 radical (unpaired) electrons. The topological polar surface area (TPSA) is 21.3 Å². The third kappa shape index (κ3) is 3.39. The van der Waals surface area contributed by atoms with Gasteiger partial charge in [0, 0.05) is 18.4 Å². The summed E-state index contributed by atoms with van der Waals surface area (Å²) in [4.78, 5) is 0. The van der Waals surface area contributed by atoms with E-state index in [2.05, 4.69) is 31.1 Å². The van der Waals surface area contributed by atoms with E-state index in [4.69, 9.17) is 4.74 Å². The van der Waals surface area contributed by atoms with Gasteiger partial charge >= 0.3 is 0 Å². The summed E-state index contributed by atoms with van der Waals surface area (Å²) in [6.45, 7) is 3.24. The maximum absolute atomic E-state index is 6.12. The van der Waals surface area contributed by atoms with Crippen LogP contribution < -0.4 is 5.32 Å². The molecular formula is C14H27NOS. The van der Waals surface area contributed by atoms with Gasteiger partial charge in [0.25, 0.3) is 0 Å².